The Kier molecular flexibility index (Phi) is 2.70. The van der Waals surface area contributed by atoms with Crippen molar-refractivity contribution in [3.63, 3.8) is 0 Å². The van der Waals surface area contributed by atoms with Crippen LogP contribution in [-0.2, 0) is 4.79 Å². The third-order valence-electron chi connectivity index (χ3n) is 1.81. The first kappa shape index (κ1) is 9.06. The highest BCUT2D eigenvalue weighted by molar-refractivity contribution is 7.14. The second-order valence-corrected chi connectivity index (χ2v) is 3.49. The number of aliphatic carboxylic acids is 1. The Balaban J connectivity index is 2.94. The van der Waals surface area contributed by atoms with Gasteiger partial charge in [-0.2, -0.15) is 0 Å². The van der Waals surface area contributed by atoms with E-state index in [2.05, 4.69) is 0 Å². The Hall–Kier alpha value is -1.03. The van der Waals surface area contributed by atoms with Gasteiger partial charge in [-0.1, -0.05) is 6.92 Å². The Bertz CT molecular complexity index is 282. The van der Waals surface area contributed by atoms with E-state index < -0.39 is 11.9 Å². The Morgan fingerprint density at radius 2 is 2.50 bits per heavy atom. The van der Waals surface area contributed by atoms with Crippen LogP contribution in [0.1, 0.15) is 24.8 Å². The number of anilines is 1. The minimum atomic E-state index is -0.803. The summed E-state index contributed by atoms with van der Waals surface area (Å²) in [5, 5.41) is 11.2. The van der Waals surface area contributed by atoms with E-state index in [-0.39, 0.29) is 0 Å². The van der Waals surface area contributed by atoms with Crippen molar-refractivity contribution in [1.29, 1.82) is 0 Å². The Morgan fingerprint density at radius 3 is 2.83 bits per heavy atom. The molecule has 0 spiro atoms. The summed E-state index contributed by atoms with van der Waals surface area (Å²) in [7, 11) is 0. The maximum absolute atomic E-state index is 10.7. The molecule has 0 saturated heterocycles. The van der Waals surface area contributed by atoms with Crippen LogP contribution in [0.15, 0.2) is 11.4 Å². The van der Waals surface area contributed by atoms with Crippen LogP contribution in [-0.4, -0.2) is 11.1 Å². The van der Waals surface area contributed by atoms with Gasteiger partial charge in [0.05, 0.1) is 10.9 Å². The summed E-state index contributed by atoms with van der Waals surface area (Å²) in [6.07, 6.45) is 0.580. The summed E-state index contributed by atoms with van der Waals surface area (Å²) in [5.74, 6) is -1.25. The molecule has 0 bridgehead atoms. The summed E-state index contributed by atoms with van der Waals surface area (Å²) in [6.45, 7) is 1.84. The van der Waals surface area contributed by atoms with Gasteiger partial charge in [0.25, 0.3) is 0 Å². The second kappa shape index (κ2) is 3.58. The number of nitrogens with two attached hydrogens (primary N) is 1. The number of rotatable bonds is 3. The molecule has 12 heavy (non-hydrogen) atoms. The smallest absolute Gasteiger partial charge is 0.311 e. The number of hydrogen-bond donors (Lipinski definition) is 2. The van der Waals surface area contributed by atoms with Crippen molar-refractivity contribution in [2.45, 2.75) is 19.3 Å². The maximum Gasteiger partial charge on any atom is 0.311 e. The van der Waals surface area contributed by atoms with Crippen molar-refractivity contribution in [3.05, 3.63) is 17.0 Å². The van der Waals surface area contributed by atoms with E-state index in [9.17, 15) is 4.79 Å². The van der Waals surface area contributed by atoms with Gasteiger partial charge in [0.1, 0.15) is 0 Å². The van der Waals surface area contributed by atoms with Gasteiger partial charge in [-0.05, 0) is 17.9 Å². The van der Waals surface area contributed by atoms with E-state index >= 15 is 0 Å². The Morgan fingerprint density at radius 1 is 1.83 bits per heavy atom. The summed E-state index contributed by atoms with van der Waals surface area (Å²) in [4.78, 5) is 10.7. The largest absolute Gasteiger partial charge is 0.481 e. The number of carboxylic acid groups (broad SMARTS) is 1. The van der Waals surface area contributed by atoms with Crippen LogP contribution in [0.25, 0.3) is 0 Å². The monoisotopic (exact) mass is 185 g/mol. The molecule has 0 aliphatic carbocycles. The molecule has 4 heteroatoms. The normalized spacial score (nSPS) is 12.8. The molecule has 1 aromatic rings. The molecule has 1 atom stereocenters. The van der Waals surface area contributed by atoms with E-state index in [4.69, 9.17) is 10.8 Å². The van der Waals surface area contributed by atoms with Crippen LogP contribution < -0.4 is 5.73 Å². The van der Waals surface area contributed by atoms with Gasteiger partial charge in [0, 0.05) is 5.56 Å². The van der Waals surface area contributed by atoms with Crippen LogP contribution in [0, 0.1) is 0 Å². The van der Waals surface area contributed by atoms with Gasteiger partial charge in [0.15, 0.2) is 0 Å². The average molecular weight is 185 g/mol. The first-order chi connectivity index (χ1) is 5.66. The standard InChI is InChI=1S/C8H11NO2S/c1-2-5(8(10)11)6-3-4-12-7(6)9/h3-5H,2,9H2,1H3,(H,10,11). The van der Waals surface area contributed by atoms with Crippen LogP contribution in [0.4, 0.5) is 5.00 Å². The zero-order chi connectivity index (χ0) is 9.14. The Labute approximate surface area is 74.8 Å². The first-order valence-corrected chi connectivity index (χ1v) is 4.60. The summed E-state index contributed by atoms with van der Waals surface area (Å²) in [5.41, 5.74) is 6.36. The predicted molar refractivity (Wildman–Crippen MR) is 49.4 cm³/mol. The molecular formula is C8H11NO2S. The molecule has 1 rings (SSSR count). The molecule has 1 unspecified atom stereocenters. The number of carboxylic acids is 1. The number of nitrogen functional groups attached to an aromatic ring is 1. The van der Waals surface area contributed by atoms with Crippen LogP contribution in [0.3, 0.4) is 0 Å². The van der Waals surface area contributed by atoms with Crippen molar-refractivity contribution in [2.24, 2.45) is 0 Å². The number of thiophene rings is 1. The molecule has 1 heterocycles. The minimum absolute atomic E-state index is 0.448. The maximum atomic E-state index is 10.7. The quantitative estimate of drug-likeness (QED) is 0.756. The predicted octanol–water partition coefficient (Wildman–Crippen LogP) is 1.91. The number of carbonyl (C=O) groups is 1. The average Bonchev–Trinajstić information content (AvgIpc) is 2.38. The zero-order valence-corrected chi connectivity index (χ0v) is 7.60. The highest BCUT2D eigenvalue weighted by Crippen LogP contribution is 2.29. The van der Waals surface area contributed by atoms with Crippen molar-refractivity contribution in [2.75, 3.05) is 5.73 Å². The van der Waals surface area contributed by atoms with Crippen molar-refractivity contribution in [3.8, 4) is 0 Å². The lowest BCUT2D eigenvalue weighted by Crippen LogP contribution is -2.10. The fraction of sp³-hybridized carbons (Fsp3) is 0.375. The molecular weight excluding hydrogens is 174 g/mol. The fourth-order valence-corrected chi connectivity index (χ4v) is 1.85. The summed E-state index contributed by atoms with van der Waals surface area (Å²) >= 11 is 1.38. The molecule has 0 saturated carbocycles. The van der Waals surface area contributed by atoms with Gasteiger partial charge in [-0.3, -0.25) is 4.79 Å². The van der Waals surface area contributed by atoms with Gasteiger partial charge in [-0.25, -0.2) is 0 Å². The molecule has 0 aromatic carbocycles. The molecule has 3 N–H and O–H groups in total. The van der Waals surface area contributed by atoms with Crippen LogP contribution >= 0.6 is 11.3 Å². The molecule has 3 nitrogen and oxygen atoms in total. The van der Waals surface area contributed by atoms with Gasteiger partial charge in [-0.15, -0.1) is 11.3 Å². The molecule has 0 aliphatic heterocycles. The lowest BCUT2D eigenvalue weighted by molar-refractivity contribution is -0.138. The molecule has 0 amide bonds. The third kappa shape index (κ3) is 1.58. The SMILES string of the molecule is CCC(C(=O)O)c1ccsc1N. The van der Waals surface area contributed by atoms with Gasteiger partial charge >= 0.3 is 5.97 Å². The highest BCUT2D eigenvalue weighted by atomic mass is 32.1. The van der Waals surface area contributed by atoms with Gasteiger partial charge < -0.3 is 10.8 Å². The first-order valence-electron chi connectivity index (χ1n) is 3.72. The topological polar surface area (TPSA) is 63.3 Å². The molecule has 66 valence electrons. The fourth-order valence-electron chi connectivity index (χ4n) is 1.15. The lowest BCUT2D eigenvalue weighted by Gasteiger charge is -2.07. The van der Waals surface area contributed by atoms with E-state index in [1.807, 2.05) is 12.3 Å². The van der Waals surface area contributed by atoms with Crippen molar-refractivity contribution < 1.29 is 9.90 Å². The summed E-state index contributed by atoms with van der Waals surface area (Å²) < 4.78 is 0. The molecule has 0 radical (unpaired) electrons. The molecule has 0 aliphatic rings. The van der Waals surface area contributed by atoms with Gasteiger partial charge in [0.2, 0.25) is 0 Å². The second-order valence-electron chi connectivity index (χ2n) is 2.54. The lowest BCUT2D eigenvalue weighted by atomic mass is 9.99. The molecule has 1 aromatic heterocycles. The van der Waals surface area contributed by atoms with E-state index in [0.717, 1.165) is 5.56 Å². The third-order valence-corrected chi connectivity index (χ3v) is 2.57. The zero-order valence-electron chi connectivity index (χ0n) is 6.78. The molecule has 0 fully saturated rings. The van der Waals surface area contributed by atoms with E-state index in [0.29, 0.717) is 11.4 Å². The van der Waals surface area contributed by atoms with E-state index in [1.54, 1.807) is 6.07 Å². The van der Waals surface area contributed by atoms with Crippen molar-refractivity contribution >= 4 is 22.3 Å². The number of hydrogen-bond acceptors (Lipinski definition) is 3. The van der Waals surface area contributed by atoms with E-state index in [1.165, 1.54) is 11.3 Å². The van der Waals surface area contributed by atoms with Crippen LogP contribution in [0.5, 0.6) is 0 Å². The highest BCUT2D eigenvalue weighted by Gasteiger charge is 2.20. The minimum Gasteiger partial charge on any atom is -0.481 e. The summed E-state index contributed by atoms with van der Waals surface area (Å²) in [6, 6.07) is 1.78. The van der Waals surface area contributed by atoms with Crippen molar-refractivity contribution in [1.82, 2.24) is 0 Å². The van der Waals surface area contributed by atoms with Crippen LogP contribution in [0.2, 0.25) is 0 Å².